The first kappa shape index (κ1) is 22.8. The number of ketones is 1. The molecule has 2 N–H and O–H groups in total. The number of ether oxygens (including phenoxy) is 2. The maximum Gasteiger partial charge on any atom is 0.192 e. The number of benzene rings is 1. The van der Waals surface area contributed by atoms with Gasteiger partial charge in [0.25, 0.3) is 0 Å². The number of allylic oxidation sites excluding steroid dienone is 3. The number of Topliss-reactive ketones (excluding diaryl/α,β-unsaturated/α-hetero) is 1. The Hall–Kier alpha value is -2.97. The minimum Gasteiger partial charge on any atom is -0.487 e. The van der Waals surface area contributed by atoms with Crippen molar-refractivity contribution in [3.05, 3.63) is 58.3 Å². The summed E-state index contributed by atoms with van der Waals surface area (Å²) >= 11 is 0. The van der Waals surface area contributed by atoms with Crippen LogP contribution in [0, 0.1) is 17.8 Å². The fraction of sp³-hybridized carbons (Fsp3) is 0.483. The SMILES string of the molecule is C#CC1=CC2NC3=C(C(=O)c4cc(OC(C)C)c(OC5CCCNC5)cc4C3(C)C)C2(C)C=C1. The maximum absolute atomic E-state index is 14.0. The molecule has 178 valence electrons. The van der Waals surface area contributed by atoms with E-state index in [9.17, 15) is 4.79 Å². The van der Waals surface area contributed by atoms with Crippen molar-refractivity contribution >= 4 is 5.78 Å². The maximum atomic E-state index is 14.0. The van der Waals surface area contributed by atoms with Crippen LogP contribution in [0.1, 0.15) is 63.4 Å². The van der Waals surface area contributed by atoms with Crippen molar-refractivity contribution in [1.82, 2.24) is 10.6 Å². The summed E-state index contributed by atoms with van der Waals surface area (Å²) in [6, 6.07) is 3.88. The van der Waals surface area contributed by atoms with Crippen molar-refractivity contribution in [3.8, 4) is 23.8 Å². The normalized spacial score (nSPS) is 29.0. The lowest BCUT2D eigenvalue weighted by Gasteiger charge is -2.36. The van der Waals surface area contributed by atoms with Gasteiger partial charge in [0.15, 0.2) is 17.3 Å². The fourth-order valence-corrected chi connectivity index (χ4v) is 5.72. The van der Waals surface area contributed by atoms with Gasteiger partial charge in [-0.25, -0.2) is 0 Å². The van der Waals surface area contributed by atoms with Crippen LogP contribution in [-0.2, 0) is 5.41 Å². The van der Waals surface area contributed by atoms with Gasteiger partial charge in [0, 0.05) is 39.8 Å². The number of piperidine rings is 1. The first-order valence-electron chi connectivity index (χ1n) is 12.3. The fourth-order valence-electron chi connectivity index (χ4n) is 5.72. The zero-order valence-electron chi connectivity index (χ0n) is 20.7. The van der Waals surface area contributed by atoms with Crippen molar-refractivity contribution in [3.63, 3.8) is 0 Å². The Bertz CT molecular complexity index is 1170. The number of hydrogen-bond acceptors (Lipinski definition) is 5. The van der Waals surface area contributed by atoms with E-state index >= 15 is 0 Å². The largest absolute Gasteiger partial charge is 0.487 e. The molecule has 2 aliphatic carbocycles. The lowest BCUT2D eigenvalue weighted by atomic mass is 9.65. The highest BCUT2D eigenvalue weighted by Crippen LogP contribution is 2.54. The average Bonchev–Trinajstić information content (AvgIpc) is 3.12. The first-order chi connectivity index (χ1) is 16.1. The van der Waals surface area contributed by atoms with Gasteiger partial charge in [-0.3, -0.25) is 4.79 Å². The quantitative estimate of drug-likeness (QED) is 0.654. The number of hydrogen-bond donors (Lipinski definition) is 2. The summed E-state index contributed by atoms with van der Waals surface area (Å²) in [4.78, 5) is 14.0. The third-order valence-electron chi connectivity index (χ3n) is 7.62. The Morgan fingerprint density at radius 2 is 2.00 bits per heavy atom. The first-order valence-corrected chi connectivity index (χ1v) is 12.3. The molecule has 0 aromatic heterocycles. The van der Waals surface area contributed by atoms with Gasteiger partial charge < -0.3 is 20.1 Å². The van der Waals surface area contributed by atoms with Crippen molar-refractivity contribution in [2.45, 2.75) is 71.1 Å². The van der Waals surface area contributed by atoms with Crippen LogP contribution in [0.2, 0.25) is 0 Å². The van der Waals surface area contributed by atoms with E-state index in [1.54, 1.807) is 0 Å². The Labute approximate surface area is 202 Å². The van der Waals surface area contributed by atoms with E-state index in [-0.39, 0.29) is 24.0 Å². The molecule has 0 bridgehead atoms. The number of carbonyl (C=O) groups excluding carboxylic acids is 1. The van der Waals surface area contributed by atoms with Crippen molar-refractivity contribution in [2.24, 2.45) is 5.41 Å². The molecule has 0 spiro atoms. The minimum atomic E-state index is -0.455. The summed E-state index contributed by atoms with van der Waals surface area (Å²) in [6.45, 7) is 12.3. The van der Waals surface area contributed by atoms with Gasteiger partial charge in [-0.1, -0.05) is 25.8 Å². The number of fused-ring (bicyclic) bond motifs is 3. The van der Waals surface area contributed by atoms with Crippen LogP contribution >= 0.6 is 0 Å². The predicted molar refractivity (Wildman–Crippen MR) is 134 cm³/mol. The van der Waals surface area contributed by atoms with Crippen LogP contribution in [0.4, 0.5) is 0 Å². The molecule has 0 amide bonds. The molecule has 3 unspecified atom stereocenters. The number of nitrogens with one attached hydrogen (secondary N) is 2. The van der Waals surface area contributed by atoms with Crippen molar-refractivity contribution in [2.75, 3.05) is 13.1 Å². The summed E-state index contributed by atoms with van der Waals surface area (Å²) < 4.78 is 12.6. The molecular formula is C29H34N2O3. The molecule has 1 saturated heterocycles. The Kier molecular flexibility index (Phi) is 5.41. The van der Waals surface area contributed by atoms with Gasteiger partial charge in [-0.15, -0.1) is 6.42 Å². The molecule has 0 radical (unpaired) electrons. The third kappa shape index (κ3) is 3.47. The van der Waals surface area contributed by atoms with E-state index in [1.165, 1.54) is 0 Å². The molecule has 2 heterocycles. The highest BCUT2D eigenvalue weighted by Gasteiger charge is 2.53. The topological polar surface area (TPSA) is 59.6 Å². The van der Waals surface area contributed by atoms with E-state index in [1.807, 2.05) is 32.1 Å². The van der Waals surface area contributed by atoms with Crippen molar-refractivity contribution < 1.29 is 14.3 Å². The molecule has 5 rings (SSSR count). The summed E-state index contributed by atoms with van der Waals surface area (Å²) in [5.74, 6) is 4.12. The number of rotatable bonds is 4. The average molecular weight is 459 g/mol. The van der Waals surface area contributed by atoms with Crippen LogP contribution in [0.3, 0.4) is 0 Å². The zero-order valence-corrected chi connectivity index (χ0v) is 20.7. The van der Waals surface area contributed by atoms with Crippen LogP contribution in [0.25, 0.3) is 0 Å². The van der Waals surface area contributed by atoms with E-state index in [0.29, 0.717) is 17.1 Å². The summed E-state index contributed by atoms with van der Waals surface area (Å²) in [5, 5.41) is 7.07. The van der Waals surface area contributed by atoms with Crippen LogP contribution in [-0.4, -0.2) is 37.1 Å². The lowest BCUT2D eigenvalue weighted by Crippen LogP contribution is -2.38. The smallest absolute Gasteiger partial charge is 0.192 e. The summed E-state index contributed by atoms with van der Waals surface area (Å²) in [6.07, 6.45) is 13.9. The van der Waals surface area contributed by atoms with Crippen LogP contribution in [0.15, 0.2) is 47.2 Å². The highest BCUT2D eigenvalue weighted by atomic mass is 16.5. The van der Waals surface area contributed by atoms with E-state index in [0.717, 1.165) is 48.3 Å². The second-order valence-corrected chi connectivity index (χ2v) is 10.8. The predicted octanol–water partition coefficient (Wildman–Crippen LogP) is 4.44. The van der Waals surface area contributed by atoms with Gasteiger partial charge in [0.2, 0.25) is 0 Å². The highest BCUT2D eigenvalue weighted by molar-refractivity contribution is 6.14. The molecule has 34 heavy (non-hydrogen) atoms. The van der Waals surface area contributed by atoms with Gasteiger partial charge in [-0.2, -0.15) is 0 Å². The monoisotopic (exact) mass is 458 g/mol. The molecule has 4 aliphatic rings. The van der Waals surface area contributed by atoms with Crippen molar-refractivity contribution in [1.29, 1.82) is 0 Å². The zero-order chi connectivity index (χ0) is 24.3. The van der Waals surface area contributed by atoms with Gasteiger partial charge in [-0.05, 0) is 70.0 Å². The lowest BCUT2D eigenvalue weighted by molar-refractivity contribution is 0.100. The number of terminal acetylenes is 1. The molecule has 0 saturated carbocycles. The molecule has 2 aliphatic heterocycles. The molecule has 1 aromatic rings. The van der Waals surface area contributed by atoms with E-state index in [2.05, 4.69) is 49.5 Å². The van der Waals surface area contributed by atoms with E-state index < -0.39 is 10.8 Å². The summed E-state index contributed by atoms with van der Waals surface area (Å²) in [5.41, 5.74) is 3.42. The number of carbonyl (C=O) groups is 1. The van der Waals surface area contributed by atoms with Gasteiger partial charge in [0.1, 0.15) is 6.10 Å². The Balaban J connectivity index is 1.61. The second kappa shape index (κ2) is 8.06. The van der Waals surface area contributed by atoms with E-state index in [4.69, 9.17) is 15.9 Å². The van der Waals surface area contributed by atoms with Crippen LogP contribution in [0.5, 0.6) is 11.5 Å². The minimum absolute atomic E-state index is 0.0324. The third-order valence-corrected chi connectivity index (χ3v) is 7.62. The standard InChI is InChI=1S/C29H34N2O3/c1-7-18-10-11-29(6)24(13-18)31-27-25(29)26(32)20-14-22(33-17(2)3)23(15-21(20)28(27,4)5)34-19-9-8-12-30-16-19/h1,10-11,13-15,17,19,24,30-31H,8-9,12,16H2,2-6H3. The van der Waals surface area contributed by atoms with Gasteiger partial charge in [0.05, 0.1) is 12.1 Å². The molecule has 1 aromatic carbocycles. The molecular weight excluding hydrogens is 424 g/mol. The Morgan fingerprint density at radius 3 is 2.68 bits per heavy atom. The molecule has 1 fully saturated rings. The Morgan fingerprint density at radius 1 is 1.21 bits per heavy atom. The van der Waals surface area contributed by atoms with Crippen LogP contribution < -0.4 is 20.1 Å². The molecule has 5 nitrogen and oxygen atoms in total. The molecule has 5 heteroatoms. The summed E-state index contributed by atoms with van der Waals surface area (Å²) in [7, 11) is 0. The second-order valence-electron chi connectivity index (χ2n) is 10.8. The van der Waals surface area contributed by atoms with Gasteiger partial charge >= 0.3 is 0 Å². The molecule has 3 atom stereocenters.